The summed E-state index contributed by atoms with van der Waals surface area (Å²) < 4.78 is 11.6. The summed E-state index contributed by atoms with van der Waals surface area (Å²) in [6.45, 7) is 5.98. The molecule has 0 saturated heterocycles. The van der Waals surface area contributed by atoms with E-state index in [9.17, 15) is 4.79 Å². The highest BCUT2D eigenvalue weighted by molar-refractivity contribution is 6.05. The Bertz CT molecular complexity index is 672. The van der Waals surface area contributed by atoms with Gasteiger partial charge in [0, 0.05) is 17.5 Å². The Morgan fingerprint density at radius 2 is 2.32 bits per heavy atom. The average molecular weight is 301 g/mol. The lowest BCUT2D eigenvalue weighted by Gasteiger charge is -2.34. The number of hydrazone groups is 1. The van der Waals surface area contributed by atoms with Crippen LogP contribution in [0.4, 0.5) is 4.79 Å². The van der Waals surface area contributed by atoms with E-state index in [1.54, 1.807) is 0 Å². The number of carbonyl (C=O) groups excluding carboxylic acids is 1. The Hall–Kier alpha value is -2.68. The van der Waals surface area contributed by atoms with Gasteiger partial charge < -0.3 is 15.2 Å². The standard InChI is InChI=1S/C16H19N3O3/c1-5-8-21-13-7-6-11-12(18-19-15(17)20)9-16(3,4)22-14(11)10(13)2/h1,6-7H,8-9H2,2-4H3,(H3,17,19,20). The van der Waals surface area contributed by atoms with Crippen molar-refractivity contribution >= 4 is 11.7 Å². The molecule has 2 rings (SSSR count). The topological polar surface area (TPSA) is 85.9 Å². The molecule has 3 N–H and O–H groups in total. The van der Waals surface area contributed by atoms with E-state index in [0.29, 0.717) is 23.6 Å². The Labute approximate surface area is 129 Å². The van der Waals surface area contributed by atoms with Crippen molar-refractivity contribution in [3.05, 3.63) is 23.3 Å². The normalized spacial score (nSPS) is 17.1. The second kappa shape index (κ2) is 5.98. The number of urea groups is 1. The number of ether oxygens (including phenoxy) is 2. The van der Waals surface area contributed by atoms with Crippen molar-refractivity contribution in [3.8, 4) is 23.8 Å². The van der Waals surface area contributed by atoms with E-state index in [2.05, 4.69) is 16.4 Å². The minimum Gasteiger partial charge on any atom is -0.486 e. The maximum atomic E-state index is 10.9. The van der Waals surface area contributed by atoms with Crippen molar-refractivity contribution in [2.75, 3.05) is 6.61 Å². The number of primary amides is 1. The zero-order valence-electron chi connectivity index (χ0n) is 12.9. The van der Waals surface area contributed by atoms with Crippen LogP contribution in [0, 0.1) is 19.3 Å². The number of carbonyl (C=O) groups is 1. The van der Waals surface area contributed by atoms with Gasteiger partial charge in [-0.3, -0.25) is 0 Å². The number of fused-ring (bicyclic) bond motifs is 1. The fourth-order valence-corrected chi connectivity index (χ4v) is 2.34. The SMILES string of the molecule is C#CCOc1ccc2c(c1C)OC(C)(C)CC2=NNC(N)=O. The Balaban J connectivity index is 2.47. The van der Waals surface area contributed by atoms with Crippen molar-refractivity contribution in [1.29, 1.82) is 0 Å². The first-order valence-electron chi connectivity index (χ1n) is 6.85. The third kappa shape index (κ3) is 3.31. The van der Waals surface area contributed by atoms with E-state index in [1.165, 1.54) is 0 Å². The monoisotopic (exact) mass is 301 g/mol. The van der Waals surface area contributed by atoms with E-state index in [0.717, 1.165) is 11.1 Å². The molecule has 116 valence electrons. The van der Waals surface area contributed by atoms with Gasteiger partial charge in [0.25, 0.3) is 0 Å². The first kappa shape index (κ1) is 15.7. The van der Waals surface area contributed by atoms with Gasteiger partial charge >= 0.3 is 6.03 Å². The third-order valence-electron chi connectivity index (χ3n) is 3.25. The van der Waals surface area contributed by atoms with Crippen LogP contribution in [0.3, 0.4) is 0 Å². The van der Waals surface area contributed by atoms with E-state index in [4.69, 9.17) is 21.6 Å². The van der Waals surface area contributed by atoms with Gasteiger partial charge in [0.2, 0.25) is 0 Å². The van der Waals surface area contributed by atoms with Crippen LogP contribution in [-0.4, -0.2) is 24.0 Å². The molecule has 1 aliphatic heterocycles. The van der Waals surface area contributed by atoms with Crippen LogP contribution < -0.4 is 20.6 Å². The lowest BCUT2D eigenvalue weighted by molar-refractivity contribution is 0.109. The number of amides is 2. The van der Waals surface area contributed by atoms with Crippen LogP contribution in [0.5, 0.6) is 11.5 Å². The lowest BCUT2D eigenvalue weighted by atomic mass is 9.91. The predicted octanol–water partition coefficient (Wildman–Crippen LogP) is 1.94. The van der Waals surface area contributed by atoms with E-state index < -0.39 is 11.6 Å². The van der Waals surface area contributed by atoms with Crippen molar-refractivity contribution in [1.82, 2.24) is 5.43 Å². The summed E-state index contributed by atoms with van der Waals surface area (Å²) in [5.41, 5.74) is 9.25. The largest absolute Gasteiger partial charge is 0.486 e. The second-order valence-corrected chi connectivity index (χ2v) is 5.63. The number of hydrogen-bond acceptors (Lipinski definition) is 4. The molecule has 0 radical (unpaired) electrons. The minimum absolute atomic E-state index is 0.188. The van der Waals surface area contributed by atoms with Gasteiger partial charge in [-0.2, -0.15) is 5.10 Å². The van der Waals surface area contributed by atoms with Gasteiger partial charge in [0.05, 0.1) is 5.71 Å². The molecule has 1 aromatic rings. The molecule has 6 heteroatoms. The molecule has 0 aliphatic carbocycles. The van der Waals surface area contributed by atoms with Crippen LogP contribution in [0.1, 0.15) is 31.4 Å². The zero-order chi connectivity index (χ0) is 16.3. The molecular formula is C16H19N3O3. The molecular weight excluding hydrogens is 282 g/mol. The molecule has 0 spiro atoms. The molecule has 0 saturated carbocycles. The molecule has 1 aromatic carbocycles. The van der Waals surface area contributed by atoms with Gasteiger partial charge in [0.1, 0.15) is 23.7 Å². The number of nitrogens with two attached hydrogens (primary N) is 1. The van der Waals surface area contributed by atoms with Crippen LogP contribution in [0.15, 0.2) is 17.2 Å². The smallest absolute Gasteiger partial charge is 0.332 e. The lowest BCUT2D eigenvalue weighted by Crippen LogP contribution is -2.38. The summed E-state index contributed by atoms with van der Waals surface area (Å²) in [7, 11) is 0. The quantitative estimate of drug-likeness (QED) is 0.661. The number of terminal acetylenes is 1. The first-order chi connectivity index (χ1) is 10.3. The van der Waals surface area contributed by atoms with Gasteiger partial charge in [-0.05, 0) is 32.9 Å². The molecule has 1 heterocycles. The summed E-state index contributed by atoms with van der Waals surface area (Å²) >= 11 is 0. The minimum atomic E-state index is -0.705. The fraction of sp³-hybridized carbons (Fsp3) is 0.375. The van der Waals surface area contributed by atoms with Crippen molar-refractivity contribution in [3.63, 3.8) is 0 Å². The predicted molar refractivity (Wildman–Crippen MR) is 84.1 cm³/mol. The molecule has 6 nitrogen and oxygen atoms in total. The van der Waals surface area contributed by atoms with Crippen molar-refractivity contribution in [2.24, 2.45) is 10.8 Å². The van der Waals surface area contributed by atoms with Gasteiger partial charge in [-0.1, -0.05) is 5.92 Å². The fourth-order valence-electron chi connectivity index (χ4n) is 2.34. The van der Waals surface area contributed by atoms with E-state index >= 15 is 0 Å². The first-order valence-corrected chi connectivity index (χ1v) is 6.85. The van der Waals surface area contributed by atoms with Crippen LogP contribution >= 0.6 is 0 Å². The summed E-state index contributed by atoms with van der Waals surface area (Å²) in [6.07, 6.45) is 5.77. The maximum absolute atomic E-state index is 10.9. The van der Waals surface area contributed by atoms with E-state index in [1.807, 2.05) is 32.9 Å². The Morgan fingerprint density at radius 1 is 1.59 bits per heavy atom. The maximum Gasteiger partial charge on any atom is 0.332 e. The highest BCUT2D eigenvalue weighted by atomic mass is 16.5. The third-order valence-corrected chi connectivity index (χ3v) is 3.25. The summed E-state index contributed by atoms with van der Waals surface area (Å²) in [4.78, 5) is 10.9. The molecule has 0 aromatic heterocycles. The number of hydrogen-bond donors (Lipinski definition) is 2. The Kier molecular flexibility index (Phi) is 4.27. The second-order valence-electron chi connectivity index (χ2n) is 5.63. The summed E-state index contributed by atoms with van der Waals surface area (Å²) in [5, 5.41) is 4.09. The van der Waals surface area contributed by atoms with Gasteiger partial charge in [0.15, 0.2) is 0 Å². The van der Waals surface area contributed by atoms with E-state index in [-0.39, 0.29) is 6.61 Å². The molecule has 0 fully saturated rings. The van der Waals surface area contributed by atoms with Crippen molar-refractivity contribution < 1.29 is 14.3 Å². The summed E-state index contributed by atoms with van der Waals surface area (Å²) in [6, 6.07) is 2.95. The highest BCUT2D eigenvalue weighted by Gasteiger charge is 2.33. The Morgan fingerprint density at radius 3 is 2.95 bits per heavy atom. The van der Waals surface area contributed by atoms with Gasteiger partial charge in [-0.15, -0.1) is 6.42 Å². The van der Waals surface area contributed by atoms with Gasteiger partial charge in [-0.25, -0.2) is 10.2 Å². The van der Waals surface area contributed by atoms with Crippen LogP contribution in [0.2, 0.25) is 0 Å². The van der Waals surface area contributed by atoms with Crippen LogP contribution in [0.25, 0.3) is 0 Å². The highest BCUT2D eigenvalue weighted by Crippen LogP contribution is 2.39. The molecule has 0 atom stereocenters. The average Bonchev–Trinajstić information content (AvgIpc) is 2.44. The number of rotatable bonds is 3. The molecule has 22 heavy (non-hydrogen) atoms. The number of nitrogens with one attached hydrogen (secondary N) is 1. The molecule has 0 unspecified atom stereocenters. The summed E-state index contributed by atoms with van der Waals surface area (Å²) in [5.74, 6) is 3.77. The zero-order valence-corrected chi connectivity index (χ0v) is 12.9. The number of nitrogens with zero attached hydrogens (tertiary/aromatic N) is 1. The van der Waals surface area contributed by atoms with Crippen molar-refractivity contribution in [2.45, 2.75) is 32.8 Å². The van der Waals surface area contributed by atoms with Crippen LogP contribution in [-0.2, 0) is 0 Å². The number of benzene rings is 1. The molecule has 0 bridgehead atoms. The molecule has 2 amide bonds. The molecule has 1 aliphatic rings.